The van der Waals surface area contributed by atoms with Crippen LogP contribution >= 0.6 is 15.9 Å². The summed E-state index contributed by atoms with van der Waals surface area (Å²) in [6, 6.07) is 3.37. The molecule has 0 saturated heterocycles. The molecule has 20 heavy (non-hydrogen) atoms. The minimum atomic E-state index is -4.54. The SMILES string of the molecule is COc1ccc(C(=O)N(CCBr)CC(F)(F)F)c(F)c1. The predicted octanol–water partition coefficient (Wildman–Crippen LogP) is 3.23. The molecule has 0 N–H and O–H groups in total. The van der Waals surface area contributed by atoms with E-state index in [0.717, 1.165) is 12.1 Å². The number of halogens is 5. The van der Waals surface area contributed by atoms with Crippen LogP contribution in [0.25, 0.3) is 0 Å². The summed E-state index contributed by atoms with van der Waals surface area (Å²) < 4.78 is 55.7. The van der Waals surface area contributed by atoms with Gasteiger partial charge in [0.2, 0.25) is 0 Å². The van der Waals surface area contributed by atoms with Crippen molar-refractivity contribution < 1.29 is 27.1 Å². The van der Waals surface area contributed by atoms with Gasteiger partial charge >= 0.3 is 6.18 Å². The molecule has 1 rings (SSSR count). The molecule has 1 aromatic carbocycles. The number of carbonyl (C=O) groups is 1. The number of carbonyl (C=O) groups excluding carboxylic acids is 1. The summed E-state index contributed by atoms with van der Waals surface area (Å²) in [5.74, 6) is -1.75. The van der Waals surface area contributed by atoms with E-state index in [9.17, 15) is 22.4 Å². The van der Waals surface area contributed by atoms with Crippen molar-refractivity contribution in [1.82, 2.24) is 4.90 Å². The van der Waals surface area contributed by atoms with Gasteiger partial charge in [0.25, 0.3) is 5.91 Å². The summed E-state index contributed by atoms with van der Waals surface area (Å²) in [5, 5.41) is 0.159. The normalized spacial score (nSPS) is 11.3. The third kappa shape index (κ3) is 4.66. The lowest BCUT2D eigenvalue weighted by Gasteiger charge is -2.23. The largest absolute Gasteiger partial charge is 0.497 e. The minimum Gasteiger partial charge on any atom is -0.497 e. The first-order valence-corrected chi connectivity index (χ1v) is 6.66. The van der Waals surface area contributed by atoms with Crippen LogP contribution in [0.3, 0.4) is 0 Å². The van der Waals surface area contributed by atoms with E-state index in [2.05, 4.69) is 15.9 Å². The number of amides is 1. The van der Waals surface area contributed by atoms with Crippen molar-refractivity contribution in [3.05, 3.63) is 29.6 Å². The molecule has 0 saturated carbocycles. The highest BCUT2D eigenvalue weighted by Gasteiger charge is 2.33. The van der Waals surface area contributed by atoms with Gasteiger partial charge in [-0.1, -0.05) is 15.9 Å². The summed E-state index contributed by atoms with van der Waals surface area (Å²) in [4.78, 5) is 12.5. The summed E-state index contributed by atoms with van der Waals surface area (Å²) in [6.45, 7) is -1.60. The predicted molar refractivity (Wildman–Crippen MR) is 68.7 cm³/mol. The Balaban J connectivity index is 3.00. The van der Waals surface area contributed by atoms with Gasteiger partial charge in [0.15, 0.2) is 0 Å². The highest BCUT2D eigenvalue weighted by molar-refractivity contribution is 9.09. The molecule has 8 heteroatoms. The Morgan fingerprint density at radius 3 is 2.50 bits per heavy atom. The van der Waals surface area contributed by atoms with E-state index in [-0.39, 0.29) is 17.6 Å². The van der Waals surface area contributed by atoms with Crippen molar-refractivity contribution in [2.45, 2.75) is 6.18 Å². The minimum absolute atomic E-state index is 0.159. The van der Waals surface area contributed by atoms with Gasteiger partial charge in [0, 0.05) is 17.9 Å². The summed E-state index contributed by atoms with van der Waals surface area (Å²) >= 11 is 2.96. The maximum atomic E-state index is 13.7. The molecule has 112 valence electrons. The molecule has 0 aliphatic rings. The van der Waals surface area contributed by atoms with E-state index in [0.29, 0.717) is 4.90 Å². The van der Waals surface area contributed by atoms with Gasteiger partial charge in [-0.25, -0.2) is 4.39 Å². The molecular weight excluding hydrogens is 346 g/mol. The molecule has 0 atom stereocenters. The first-order valence-electron chi connectivity index (χ1n) is 5.54. The van der Waals surface area contributed by atoms with Crippen molar-refractivity contribution in [2.75, 3.05) is 25.5 Å². The van der Waals surface area contributed by atoms with Crippen molar-refractivity contribution in [1.29, 1.82) is 0 Å². The Hall–Kier alpha value is -1.31. The molecule has 0 aromatic heterocycles. The van der Waals surface area contributed by atoms with Crippen LogP contribution in [0.2, 0.25) is 0 Å². The lowest BCUT2D eigenvalue weighted by atomic mass is 10.1. The number of rotatable bonds is 5. The number of hydrogen-bond acceptors (Lipinski definition) is 2. The molecule has 1 aromatic rings. The topological polar surface area (TPSA) is 29.5 Å². The van der Waals surface area contributed by atoms with Crippen LogP contribution in [0, 0.1) is 5.82 Å². The number of benzene rings is 1. The monoisotopic (exact) mass is 357 g/mol. The van der Waals surface area contributed by atoms with Gasteiger partial charge in [-0.15, -0.1) is 0 Å². The Morgan fingerprint density at radius 2 is 2.05 bits per heavy atom. The second-order valence-electron chi connectivity index (χ2n) is 3.88. The molecule has 0 aliphatic heterocycles. The first-order chi connectivity index (χ1) is 9.28. The Kier molecular flexibility index (Phi) is 5.79. The van der Waals surface area contributed by atoms with E-state index >= 15 is 0 Å². The summed E-state index contributed by atoms with van der Waals surface area (Å²) in [6.07, 6.45) is -4.54. The van der Waals surface area contributed by atoms with Crippen LogP contribution in [0.15, 0.2) is 18.2 Å². The van der Waals surface area contributed by atoms with Crippen LogP contribution in [-0.4, -0.2) is 42.5 Å². The average molecular weight is 358 g/mol. The fraction of sp³-hybridized carbons (Fsp3) is 0.417. The maximum Gasteiger partial charge on any atom is 0.406 e. The fourth-order valence-corrected chi connectivity index (χ4v) is 1.97. The van der Waals surface area contributed by atoms with E-state index in [4.69, 9.17) is 4.74 Å². The molecule has 0 heterocycles. The van der Waals surface area contributed by atoms with Gasteiger partial charge in [-0.05, 0) is 12.1 Å². The molecule has 0 aliphatic carbocycles. The van der Waals surface area contributed by atoms with Crippen LogP contribution in [0.5, 0.6) is 5.75 Å². The quantitative estimate of drug-likeness (QED) is 0.598. The molecular formula is C12H12BrF4NO2. The number of methoxy groups -OCH3 is 1. The molecule has 1 amide bonds. The Morgan fingerprint density at radius 1 is 1.40 bits per heavy atom. The molecule has 0 spiro atoms. The fourth-order valence-electron chi connectivity index (χ4n) is 1.54. The van der Waals surface area contributed by atoms with Gasteiger partial charge < -0.3 is 9.64 Å². The Labute approximate surface area is 121 Å². The average Bonchev–Trinajstić information content (AvgIpc) is 2.35. The van der Waals surface area contributed by atoms with Crippen LogP contribution in [0.4, 0.5) is 17.6 Å². The zero-order valence-corrected chi connectivity index (χ0v) is 12.1. The maximum absolute atomic E-state index is 13.7. The zero-order valence-electron chi connectivity index (χ0n) is 10.5. The smallest absolute Gasteiger partial charge is 0.406 e. The number of ether oxygens (including phenoxy) is 1. The van der Waals surface area contributed by atoms with Gasteiger partial charge in [-0.2, -0.15) is 13.2 Å². The highest BCUT2D eigenvalue weighted by atomic mass is 79.9. The molecule has 0 fully saturated rings. The van der Waals surface area contributed by atoms with Crippen molar-refractivity contribution >= 4 is 21.8 Å². The van der Waals surface area contributed by atoms with Crippen LogP contribution in [-0.2, 0) is 0 Å². The van der Waals surface area contributed by atoms with Crippen molar-refractivity contribution in [3.63, 3.8) is 0 Å². The lowest BCUT2D eigenvalue weighted by Crippen LogP contribution is -2.40. The lowest BCUT2D eigenvalue weighted by molar-refractivity contribution is -0.140. The van der Waals surface area contributed by atoms with Crippen LogP contribution in [0.1, 0.15) is 10.4 Å². The number of hydrogen-bond donors (Lipinski definition) is 0. The second kappa shape index (κ2) is 6.92. The van der Waals surface area contributed by atoms with E-state index < -0.39 is 30.0 Å². The van der Waals surface area contributed by atoms with Crippen molar-refractivity contribution in [2.24, 2.45) is 0 Å². The Bertz CT molecular complexity index is 479. The summed E-state index contributed by atoms with van der Waals surface area (Å²) in [5.41, 5.74) is -0.420. The third-order valence-electron chi connectivity index (χ3n) is 2.42. The van der Waals surface area contributed by atoms with E-state index in [1.807, 2.05) is 0 Å². The number of nitrogens with zero attached hydrogens (tertiary/aromatic N) is 1. The molecule has 0 unspecified atom stereocenters. The standard InChI is InChI=1S/C12H12BrF4NO2/c1-20-8-2-3-9(10(14)6-8)11(19)18(5-4-13)7-12(15,16)17/h2-3,6H,4-5,7H2,1H3. The molecule has 0 radical (unpaired) electrons. The van der Waals surface area contributed by atoms with Gasteiger partial charge in [0.05, 0.1) is 12.7 Å². The number of alkyl halides is 4. The third-order valence-corrected chi connectivity index (χ3v) is 2.77. The van der Waals surface area contributed by atoms with Gasteiger partial charge in [-0.3, -0.25) is 4.79 Å². The first kappa shape index (κ1) is 16.7. The van der Waals surface area contributed by atoms with E-state index in [1.54, 1.807) is 0 Å². The second-order valence-corrected chi connectivity index (χ2v) is 4.67. The van der Waals surface area contributed by atoms with Crippen LogP contribution < -0.4 is 4.74 Å². The van der Waals surface area contributed by atoms with Gasteiger partial charge in [0.1, 0.15) is 18.1 Å². The summed E-state index contributed by atoms with van der Waals surface area (Å²) in [7, 11) is 1.32. The van der Waals surface area contributed by atoms with Crippen molar-refractivity contribution in [3.8, 4) is 5.75 Å². The highest BCUT2D eigenvalue weighted by Crippen LogP contribution is 2.21. The van der Waals surface area contributed by atoms with E-state index in [1.165, 1.54) is 13.2 Å². The molecule has 3 nitrogen and oxygen atoms in total. The zero-order chi connectivity index (χ0) is 15.3. The molecule has 0 bridgehead atoms.